The number of methoxy groups -OCH3 is 2. The van der Waals surface area contributed by atoms with E-state index in [1.54, 1.807) is 6.07 Å². The van der Waals surface area contributed by atoms with Crippen molar-refractivity contribution in [2.75, 3.05) is 24.3 Å². The lowest BCUT2D eigenvalue weighted by Gasteiger charge is -2.10. The van der Waals surface area contributed by atoms with E-state index in [9.17, 15) is 13.2 Å². The molecule has 2 aromatic heterocycles. The van der Waals surface area contributed by atoms with Crippen LogP contribution in [0.1, 0.15) is 10.6 Å². The fourth-order valence-corrected chi connectivity index (χ4v) is 3.49. The molecule has 0 aliphatic heterocycles. The minimum atomic E-state index is -3.95. The van der Waals surface area contributed by atoms with E-state index in [0.29, 0.717) is 10.4 Å². The molecule has 0 spiro atoms. The Balaban J connectivity index is 1.75. The molecule has 1 aromatic carbocycles. The Hall–Kier alpha value is -3.12. The van der Waals surface area contributed by atoms with Crippen LogP contribution in [0, 0.1) is 0 Å². The summed E-state index contributed by atoms with van der Waals surface area (Å²) in [6.45, 7) is 0. The van der Waals surface area contributed by atoms with Crippen LogP contribution in [0.3, 0.4) is 0 Å². The second kappa shape index (κ2) is 8.49. The minimum absolute atomic E-state index is 0.0190. The largest absolute Gasteiger partial charge is 0.481 e. The SMILES string of the molecule is COc1cc(NS(=O)(=O)c2ccc(NC(=O)c3ccc(Br)o3)cc2)nc(OC)n1. The highest BCUT2D eigenvalue weighted by molar-refractivity contribution is 9.10. The first kappa shape index (κ1) is 20.6. The molecule has 1 amide bonds. The van der Waals surface area contributed by atoms with Gasteiger partial charge in [-0.25, -0.2) is 8.42 Å². The van der Waals surface area contributed by atoms with Crippen LogP contribution >= 0.6 is 15.9 Å². The molecule has 0 radical (unpaired) electrons. The van der Waals surface area contributed by atoms with E-state index in [1.165, 1.54) is 50.6 Å². The number of hydrogen-bond donors (Lipinski definition) is 2. The molecular formula is C17H15BrN4O6S. The summed E-state index contributed by atoms with van der Waals surface area (Å²) in [7, 11) is -1.21. The Morgan fingerprint density at radius 1 is 1.07 bits per heavy atom. The van der Waals surface area contributed by atoms with Gasteiger partial charge in [0.25, 0.3) is 15.9 Å². The highest BCUT2D eigenvalue weighted by Gasteiger charge is 2.17. The lowest BCUT2D eigenvalue weighted by atomic mass is 10.3. The first-order valence-electron chi connectivity index (χ1n) is 7.97. The summed E-state index contributed by atoms with van der Waals surface area (Å²) in [5.41, 5.74) is 0.395. The van der Waals surface area contributed by atoms with E-state index in [4.69, 9.17) is 13.9 Å². The number of hydrogen-bond acceptors (Lipinski definition) is 8. The molecule has 0 atom stereocenters. The highest BCUT2D eigenvalue weighted by Crippen LogP contribution is 2.22. The second-order valence-corrected chi connectivity index (χ2v) is 7.93. The Bertz CT molecular complexity index is 1110. The van der Waals surface area contributed by atoms with Crippen LogP contribution in [0.2, 0.25) is 0 Å². The predicted octanol–water partition coefficient (Wildman–Crippen LogP) is 2.90. The number of anilines is 2. The molecule has 0 bridgehead atoms. The van der Waals surface area contributed by atoms with Crippen molar-refractivity contribution < 1.29 is 27.1 Å². The number of amides is 1. The van der Waals surface area contributed by atoms with E-state index in [-0.39, 0.29) is 28.4 Å². The van der Waals surface area contributed by atoms with Crippen LogP contribution < -0.4 is 19.5 Å². The van der Waals surface area contributed by atoms with Gasteiger partial charge in [0.1, 0.15) is 0 Å². The van der Waals surface area contributed by atoms with Crippen molar-refractivity contribution in [1.82, 2.24) is 9.97 Å². The average Bonchev–Trinajstić information content (AvgIpc) is 3.14. The van der Waals surface area contributed by atoms with Crippen LogP contribution in [-0.4, -0.2) is 38.5 Å². The summed E-state index contributed by atoms with van der Waals surface area (Å²) < 4.78 is 43.0. The van der Waals surface area contributed by atoms with Gasteiger partial charge >= 0.3 is 6.01 Å². The summed E-state index contributed by atoms with van der Waals surface area (Å²) >= 11 is 3.12. The normalized spacial score (nSPS) is 11.0. The molecule has 29 heavy (non-hydrogen) atoms. The van der Waals surface area contributed by atoms with E-state index < -0.39 is 15.9 Å². The standard InChI is InChI=1S/C17H15BrN4O6S/c1-26-15-9-14(20-17(21-15)27-2)22-29(24,25)11-5-3-10(4-6-11)19-16(23)12-7-8-13(18)28-12/h3-9H,1-2H3,(H,19,23)(H,20,21,22). The van der Waals surface area contributed by atoms with Crippen molar-refractivity contribution in [3.05, 3.63) is 52.9 Å². The number of carbonyl (C=O) groups excluding carboxylic acids is 1. The second-order valence-electron chi connectivity index (χ2n) is 5.47. The van der Waals surface area contributed by atoms with E-state index in [1.807, 2.05) is 0 Å². The van der Waals surface area contributed by atoms with Crippen LogP contribution in [0.4, 0.5) is 11.5 Å². The Kier molecular flexibility index (Phi) is 6.03. The molecule has 2 N–H and O–H groups in total. The summed E-state index contributed by atoms with van der Waals surface area (Å²) in [6, 6.07) is 9.94. The third-order valence-electron chi connectivity index (χ3n) is 3.53. The number of nitrogens with one attached hydrogen (secondary N) is 2. The van der Waals surface area contributed by atoms with Crippen molar-refractivity contribution in [1.29, 1.82) is 0 Å². The van der Waals surface area contributed by atoms with Crippen LogP contribution in [0.15, 0.2) is 56.4 Å². The first-order valence-corrected chi connectivity index (χ1v) is 10.2. The van der Waals surface area contributed by atoms with Crippen LogP contribution in [0.5, 0.6) is 11.9 Å². The number of furan rings is 1. The number of ether oxygens (including phenoxy) is 2. The highest BCUT2D eigenvalue weighted by atomic mass is 79.9. The number of halogens is 1. The van der Waals surface area contributed by atoms with E-state index >= 15 is 0 Å². The topological polar surface area (TPSA) is 133 Å². The van der Waals surface area contributed by atoms with E-state index in [0.717, 1.165) is 0 Å². The lowest BCUT2D eigenvalue weighted by molar-refractivity contribution is 0.0995. The lowest BCUT2D eigenvalue weighted by Crippen LogP contribution is -2.15. The fraction of sp³-hybridized carbons (Fsp3) is 0.118. The summed E-state index contributed by atoms with van der Waals surface area (Å²) in [6.07, 6.45) is 0. The van der Waals surface area contributed by atoms with Crippen molar-refractivity contribution in [2.45, 2.75) is 4.90 Å². The maximum Gasteiger partial charge on any atom is 0.321 e. The Labute approximate surface area is 174 Å². The molecule has 10 nitrogen and oxygen atoms in total. The first-order chi connectivity index (χ1) is 13.8. The van der Waals surface area contributed by atoms with Gasteiger partial charge < -0.3 is 19.2 Å². The maximum absolute atomic E-state index is 12.6. The van der Waals surface area contributed by atoms with Gasteiger partial charge in [0.05, 0.1) is 19.1 Å². The molecule has 0 saturated heterocycles. The van der Waals surface area contributed by atoms with Gasteiger partial charge in [-0.3, -0.25) is 9.52 Å². The number of aromatic nitrogens is 2. The van der Waals surface area contributed by atoms with Gasteiger partial charge in [0.15, 0.2) is 16.2 Å². The fourth-order valence-electron chi connectivity index (χ4n) is 2.19. The zero-order valence-corrected chi connectivity index (χ0v) is 17.6. The maximum atomic E-state index is 12.6. The molecule has 2 heterocycles. The van der Waals surface area contributed by atoms with Gasteiger partial charge in [-0.1, -0.05) is 0 Å². The zero-order valence-electron chi connectivity index (χ0n) is 15.2. The third kappa shape index (κ3) is 5.03. The predicted molar refractivity (Wildman–Crippen MR) is 107 cm³/mol. The number of nitrogens with zero attached hydrogens (tertiary/aromatic N) is 2. The van der Waals surface area contributed by atoms with Crippen LogP contribution in [-0.2, 0) is 10.0 Å². The summed E-state index contributed by atoms with van der Waals surface area (Å²) in [5, 5.41) is 2.61. The molecule has 3 rings (SSSR count). The summed E-state index contributed by atoms with van der Waals surface area (Å²) in [4.78, 5) is 19.9. The van der Waals surface area contributed by atoms with Gasteiger partial charge in [-0.05, 0) is 52.3 Å². The molecule has 0 aliphatic rings. The number of rotatable bonds is 7. The van der Waals surface area contributed by atoms with Crippen LogP contribution in [0.25, 0.3) is 0 Å². The third-order valence-corrected chi connectivity index (χ3v) is 5.33. The van der Waals surface area contributed by atoms with Crippen molar-refractivity contribution >= 4 is 43.4 Å². The monoisotopic (exact) mass is 482 g/mol. The molecule has 0 unspecified atom stereocenters. The number of carbonyl (C=O) groups is 1. The molecule has 152 valence electrons. The van der Waals surface area contributed by atoms with Gasteiger partial charge in [-0.2, -0.15) is 9.97 Å². The van der Waals surface area contributed by atoms with Crippen molar-refractivity contribution in [3.8, 4) is 11.9 Å². The molecule has 3 aromatic rings. The van der Waals surface area contributed by atoms with Gasteiger partial charge in [-0.15, -0.1) is 0 Å². The van der Waals surface area contributed by atoms with Gasteiger partial charge in [0, 0.05) is 11.8 Å². The smallest absolute Gasteiger partial charge is 0.321 e. The number of benzene rings is 1. The van der Waals surface area contributed by atoms with E-state index in [2.05, 4.69) is 35.9 Å². The number of sulfonamides is 1. The molecular weight excluding hydrogens is 468 g/mol. The van der Waals surface area contributed by atoms with Gasteiger partial charge in [0.2, 0.25) is 5.88 Å². The molecule has 12 heteroatoms. The van der Waals surface area contributed by atoms with Crippen molar-refractivity contribution in [2.24, 2.45) is 0 Å². The molecule has 0 aliphatic carbocycles. The summed E-state index contributed by atoms with van der Waals surface area (Å²) in [5.74, 6) is -0.238. The zero-order chi connectivity index (χ0) is 21.0. The Morgan fingerprint density at radius 2 is 1.79 bits per heavy atom. The molecule has 0 saturated carbocycles. The van der Waals surface area contributed by atoms with Crippen molar-refractivity contribution in [3.63, 3.8) is 0 Å². The Morgan fingerprint density at radius 3 is 2.38 bits per heavy atom. The average molecular weight is 483 g/mol. The minimum Gasteiger partial charge on any atom is -0.481 e. The molecule has 0 fully saturated rings. The quantitative estimate of drug-likeness (QED) is 0.524.